The lowest BCUT2D eigenvalue weighted by molar-refractivity contribution is -0.146. The van der Waals surface area contributed by atoms with Gasteiger partial charge in [-0.1, -0.05) is 65.6 Å². The average Bonchev–Trinajstić information content (AvgIpc) is 2.54. The van der Waals surface area contributed by atoms with Gasteiger partial charge in [0.2, 0.25) is 0 Å². The molecule has 0 aliphatic heterocycles. The van der Waals surface area contributed by atoms with Crippen molar-refractivity contribution in [3.8, 4) is 0 Å². The minimum absolute atomic E-state index is 0.242. The van der Waals surface area contributed by atoms with Gasteiger partial charge in [-0.15, -0.1) is 0 Å². The van der Waals surface area contributed by atoms with Gasteiger partial charge in [-0.2, -0.15) is 0 Å². The lowest BCUT2D eigenvalue weighted by Gasteiger charge is -2.25. The highest BCUT2D eigenvalue weighted by Crippen LogP contribution is 2.31. The Hall–Kier alpha value is -0.420. The highest BCUT2D eigenvalue weighted by molar-refractivity contribution is 7.57. The van der Waals surface area contributed by atoms with Gasteiger partial charge in [0.05, 0.1) is 0 Å². The molecule has 0 radical (unpaired) electrons. The zero-order valence-corrected chi connectivity index (χ0v) is 15.7. The van der Waals surface area contributed by atoms with Crippen molar-refractivity contribution in [1.29, 1.82) is 0 Å². The zero-order valence-electron chi connectivity index (χ0n) is 14.8. The van der Waals surface area contributed by atoms with Crippen LogP contribution in [0.3, 0.4) is 0 Å². The molecule has 0 saturated heterocycles. The second-order valence-corrected chi connectivity index (χ2v) is 7.65. The monoisotopic (exact) mass is 335 g/mol. The molecule has 0 bridgehead atoms. The van der Waals surface area contributed by atoms with Crippen molar-refractivity contribution in [3.63, 3.8) is 0 Å². The van der Waals surface area contributed by atoms with E-state index in [2.05, 4.69) is 43.1 Å². The quantitative estimate of drug-likeness (QED) is 0.352. The normalized spacial score (nSPS) is 12.1. The first-order chi connectivity index (χ1) is 10.4. The van der Waals surface area contributed by atoms with Crippen LogP contribution in [0, 0.1) is 11.8 Å². The van der Waals surface area contributed by atoms with Gasteiger partial charge in [0.15, 0.2) is 0 Å². The molecule has 22 heavy (non-hydrogen) atoms. The van der Waals surface area contributed by atoms with Crippen molar-refractivity contribution in [2.45, 2.75) is 66.7 Å². The molecule has 7 heteroatoms. The van der Waals surface area contributed by atoms with E-state index in [1.807, 2.05) is 0 Å². The number of nitrogens with one attached hydrogen (secondary N) is 3. The molecule has 0 spiro atoms. The van der Waals surface area contributed by atoms with E-state index in [1.54, 1.807) is 6.92 Å². The minimum Gasteiger partial charge on any atom is -0.362 e. The van der Waals surface area contributed by atoms with Crippen LogP contribution in [0.25, 0.3) is 0 Å². The van der Waals surface area contributed by atoms with E-state index in [-0.39, 0.29) is 6.42 Å². The molecule has 3 N–H and O–H groups in total. The van der Waals surface area contributed by atoms with E-state index in [4.69, 9.17) is 4.84 Å². The summed E-state index contributed by atoms with van der Waals surface area (Å²) in [4.78, 5) is 16.2. The van der Waals surface area contributed by atoms with E-state index >= 15 is 0 Å². The Bertz CT molecular complexity index is 325. The Balaban J connectivity index is 4.65. The molecule has 0 unspecified atom stereocenters. The van der Waals surface area contributed by atoms with Crippen LogP contribution in [0.1, 0.15) is 66.7 Å². The highest BCUT2D eigenvalue weighted by atomic mass is 31.2. The number of rotatable bonds is 13. The van der Waals surface area contributed by atoms with Crippen LogP contribution in [-0.2, 0) is 14.2 Å². The Labute approximate surface area is 135 Å². The Morgan fingerprint density at radius 1 is 0.909 bits per heavy atom. The molecule has 0 aliphatic carbocycles. The van der Waals surface area contributed by atoms with Gasteiger partial charge in [0.25, 0.3) is 0 Å². The fourth-order valence-corrected chi connectivity index (χ4v) is 3.48. The maximum atomic E-state index is 12.9. The fraction of sp³-hybridized carbons (Fsp3) is 0.933. The summed E-state index contributed by atoms with van der Waals surface area (Å²) in [6.45, 7) is 11.4. The number of hydrogen-bond acceptors (Lipinski definition) is 3. The van der Waals surface area contributed by atoms with Gasteiger partial charge >= 0.3 is 13.6 Å². The molecule has 0 aliphatic rings. The van der Waals surface area contributed by atoms with Crippen LogP contribution in [0.5, 0.6) is 0 Å². The first-order valence-electron chi connectivity index (χ1n) is 8.51. The molecule has 0 atom stereocenters. The Morgan fingerprint density at radius 3 is 1.64 bits per heavy atom. The lowest BCUT2D eigenvalue weighted by atomic mass is 10.0. The van der Waals surface area contributed by atoms with Crippen LogP contribution >= 0.6 is 7.59 Å². The second-order valence-electron chi connectivity index (χ2n) is 5.62. The summed E-state index contributed by atoms with van der Waals surface area (Å²) >= 11 is 0. The molecule has 0 fully saturated rings. The van der Waals surface area contributed by atoms with Crippen molar-refractivity contribution >= 4 is 13.6 Å². The van der Waals surface area contributed by atoms with E-state index in [0.717, 1.165) is 25.7 Å². The molecule has 0 rings (SSSR count). The smallest absolute Gasteiger partial charge is 0.325 e. The molecule has 0 aromatic carbocycles. The van der Waals surface area contributed by atoms with E-state index < -0.39 is 13.6 Å². The van der Waals surface area contributed by atoms with Crippen LogP contribution in [0.4, 0.5) is 0 Å². The number of hydrogen-bond donors (Lipinski definition) is 3. The van der Waals surface area contributed by atoms with Crippen molar-refractivity contribution < 1.29 is 14.2 Å². The predicted octanol–water partition coefficient (Wildman–Crippen LogP) is 3.60. The number of carbonyl (C=O) groups is 1. The molecule has 0 heterocycles. The van der Waals surface area contributed by atoms with Gasteiger partial charge in [-0.3, -0.25) is 9.36 Å². The largest absolute Gasteiger partial charge is 0.362 e. The zero-order chi connectivity index (χ0) is 17.0. The van der Waals surface area contributed by atoms with Crippen LogP contribution < -0.4 is 15.4 Å². The van der Waals surface area contributed by atoms with Crippen molar-refractivity contribution in [1.82, 2.24) is 15.4 Å². The van der Waals surface area contributed by atoms with E-state index in [1.165, 1.54) is 0 Å². The molecule has 6 nitrogen and oxygen atoms in total. The first-order valence-corrected chi connectivity index (χ1v) is 10.2. The van der Waals surface area contributed by atoms with Crippen LogP contribution in [0.2, 0.25) is 0 Å². The van der Waals surface area contributed by atoms with Crippen molar-refractivity contribution in [2.75, 3.05) is 13.1 Å². The van der Waals surface area contributed by atoms with Crippen LogP contribution in [-0.4, -0.2) is 19.1 Å². The molecular weight excluding hydrogens is 301 g/mol. The van der Waals surface area contributed by atoms with Crippen LogP contribution in [0.15, 0.2) is 0 Å². The molecule has 0 amide bonds. The van der Waals surface area contributed by atoms with Gasteiger partial charge in [-0.05, 0) is 11.8 Å². The predicted molar refractivity (Wildman–Crippen MR) is 91.3 cm³/mol. The Kier molecular flexibility index (Phi) is 11.8. The summed E-state index contributed by atoms with van der Waals surface area (Å²) in [5.74, 6) is 0.479. The van der Waals surface area contributed by atoms with Crippen molar-refractivity contribution in [3.05, 3.63) is 0 Å². The summed E-state index contributed by atoms with van der Waals surface area (Å²) in [6.07, 6.45) is 4.32. The topological polar surface area (TPSA) is 79.5 Å². The minimum atomic E-state index is -3.14. The first kappa shape index (κ1) is 21.6. The highest BCUT2D eigenvalue weighted by Gasteiger charge is 2.24. The van der Waals surface area contributed by atoms with E-state index in [9.17, 15) is 9.36 Å². The average molecular weight is 335 g/mol. The molecule has 0 saturated carbocycles. The summed E-state index contributed by atoms with van der Waals surface area (Å²) in [5, 5.41) is 8.51. The molecular formula is C15H34N3O3P. The summed E-state index contributed by atoms with van der Waals surface area (Å²) in [5.41, 5.74) is 0. The standard InChI is InChI=1S/C15H34N3O3P/c1-6-13(7-2)11-16-22(20,18-21-15(19)10-5)17-12-14(8-3)9-4/h13-14H,6-12H2,1-5H3,(H3,16,17,18,20). The second kappa shape index (κ2) is 12.1. The third-order valence-corrected chi connectivity index (χ3v) is 5.70. The maximum Gasteiger partial charge on any atom is 0.325 e. The lowest BCUT2D eigenvalue weighted by Crippen LogP contribution is -2.37. The summed E-state index contributed by atoms with van der Waals surface area (Å²) in [6, 6.07) is 0. The maximum absolute atomic E-state index is 12.9. The van der Waals surface area contributed by atoms with Gasteiger partial charge < -0.3 is 4.84 Å². The molecule has 132 valence electrons. The molecule has 0 aromatic rings. The van der Waals surface area contributed by atoms with Gasteiger partial charge in [0.1, 0.15) is 0 Å². The van der Waals surface area contributed by atoms with E-state index in [0.29, 0.717) is 24.9 Å². The Morgan fingerprint density at radius 2 is 1.32 bits per heavy atom. The van der Waals surface area contributed by atoms with Gasteiger partial charge in [0, 0.05) is 19.5 Å². The third kappa shape index (κ3) is 8.89. The third-order valence-electron chi connectivity index (χ3n) is 4.09. The van der Waals surface area contributed by atoms with Gasteiger partial charge in [-0.25, -0.2) is 10.2 Å². The molecule has 0 aromatic heterocycles. The summed E-state index contributed by atoms with van der Waals surface area (Å²) < 4.78 is 12.9. The summed E-state index contributed by atoms with van der Waals surface area (Å²) in [7, 11) is -3.14. The van der Waals surface area contributed by atoms with Crippen molar-refractivity contribution in [2.24, 2.45) is 11.8 Å². The number of carbonyl (C=O) groups excluding carboxylic acids is 1. The fourth-order valence-electron chi connectivity index (χ4n) is 1.98. The SMILES string of the molecule is CCC(=O)ONP(=O)(NCC(CC)CC)NCC(CC)CC.